The second-order valence-electron chi connectivity index (χ2n) is 5.47. The lowest BCUT2D eigenvalue weighted by Crippen LogP contribution is -2.34. The number of carbonyl (C=O) groups excluding carboxylic acids is 1. The van der Waals surface area contributed by atoms with Gasteiger partial charge in [0.05, 0.1) is 0 Å². The van der Waals surface area contributed by atoms with Crippen LogP contribution in [0.25, 0.3) is 11.0 Å². The van der Waals surface area contributed by atoms with Gasteiger partial charge in [-0.3, -0.25) is 4.79 Å². The fourth-order valence-corrected chi connectivity index (χ4v) is 2.73. The number of rotatable bonds is 2. The molecular weight excluding hydrogens is 268 g/mol. The Balaban J connectivity index is 1.84. The molecule has 2 heterocycles. The molecule has 0 aliphatic carbocycles. The maximum absolute atomic E-state index is 12.2. The molecule has 0 unspecified atom stereocenters. The summed E-state index contributed by atoms with van der Waals surface area (Å²) in [4.78, 5) is 23.6. The number of amides is 1. The van der Waals surface area contributed by atoms with Gasteiger partial charge in [-0.05, 0) is 50.6 Å². The summed E-state index contributed by atoms with van der Waals surface area (Å²) in [7, 11) is 0. The molecule has 0 radical (unpaired) electrons. The monoisotopic (exact) mass is 286 g/mol. The first-order valence-corrected chi connectivity index (χ1v) is 7.19. The Labute approximate surface area is 122 Å². The Kier molecular flexibility index (Phi) is 3.75. The van der Waals surface area contributed by atoms with Gasteiger partial charge in [-0.25, -0.2) is 4.79 Å². The van der Waals surface area contributed by atoms with Crippen molar-refractivity contribution in [1.82, 2.24) is 5.32 Å². The minimum atomic E-state index is -0.373. The number of carbonyl (C=O) groups is 1. The molecule has 1 aromatic carbocycles. The summed E-state index contributed by atoms with van der Waals surface area (Å²) in [5, 5.41) is 7.04. The average Bonchev–Trinajstić information content (AvgIpc) is 2.47. The Morgan fingerprint density at radius 2 is 2.05 bits per heavy atom. The standard InChI is InChI=1S/C16H18N2O3/c1-10-8-15(19)21-14-9-12(2-3-13(10)14)18-16(20)11-4-6-17-7-5-11/h2-3,8-9,11,17H,4-7H2,1H3,(H,18,20). The quantitative estimate of drug-likeness (QED) is 0.829. The Morgan fingerprint density at radius 3 is 2.81 bits per heavy atom. The van der Waals surface area contributed by atoms with E-state index in [4.69, 9.17) is 4.42 Å². The van der Waals surface area contributed by atoms with E-state index in [2.05, 4.69) is 10.6 Å². The van der Waals surface area contributed by atoms with Crippen molar-refractivity contribution < 1.29 is 9.21 Å². The molecule has 3 rings (SSSR count). The van der Waals surface area contributed by atoms with Crippen molar-refractivity contribution in [3.05, 3.63) is 40.2 Å². The Bertz CT molecular complexity index is 730. The first-order chi connectivity index (χ1) is 10.1. The van der Waals surface area contributed by atoms with Gasteiger partial charge in [0.25, 0.3) is 0 Å². The SMILES string of the molecule is Cc1cc(=O)oc2cc(NC(=O)C3CCNCC3)ccc12. The van der Waals surface area contributed by atoms with E-state index in [0.717, 1.165) is 36.9 Å². The number of benzene rings is 1. The predicted molar refractivity (Wildman–Crippen MR) is 81.4 cm³/mol. The number of piperidine rings is 1. The third-order valence-electron chi connectivity index (χ3n) is 3.93. The minimum Gasteiger partial charge on any atom is -0.423 e. The molecule has 110 valence electrons. The van der Waals surface area contributed by atoms with Crippen LogP contribution < -0.4 is 16.3 Å². The second kappa shape index (κ2) is 5.69. The van der Waals surface area contributed by atoms with Gasteiger partial charge in [0.1, 0.15) is 5.58 Å². The van der Waals surface area contributed by atoms with Crippen molar-refractivity contribution >= 4 is 22.6 Å². The molecule has 1 fully saturated rings. The highest BCUT2D eigenvalue weighted by Crippen LogP contribution is 2.22. The normalized spacial score (nSPS) is 16.0. The van der Waals surface area contributed by atoms with E-state index >= 15 is 0 Å². The molecule has 0 atom stereocenters. The number of nitrogens with one attached hydrogen (secondary N) is 2. The van der Waals surface area contributed by atoms with Gasteiger partial charge in [0, 0.05) is 29.1 Å². The molecule has 1 aromatic heterocycles. The molecule has 0 spiro atoms. The molecule has 1 amide bonds. The van der Waals surface area contributed by atoms with Crippen LogP contribution in [0, 0.1) is 12.8 Å². The van der Waals surface area contributed by atoms with Crippen LogP contribution in [-0.4, -0.2) is 19.0 Å². The number of hydrogen-bond donors (Lipinski definition) is 2. The summed E-state index contributed by atoms with van der Waals surface area (Å²) < 4.78 is 5.19. The van der Waals surface area contributed by atoms with Gasteiger partial charge in [-0.1, -0.05) is 0 Å². The van der Waals surface area contributed by atoms with E-state index in [1.807, 2.05) is 19.1 Å². The maximum atomic E-state index is 12.2. The van der Waals surface area contributed by atoms with Crippen LogP contribution in [0.3, 0.4) is 0 Å². The molecule has 5 heteroatoms. The van der Waals surface area contributed by atoms with Crippen molar-refractivity contribution in [3.63, 3.8) is 0 Å². The summed E-state index contributed by atoms with van der Waals surface area (Å²) >= 11 is 0. The van der Waals surface area contributed by atoms with E-state index < -0.39 is 0 Å². The molecule has 0 saturated carbocycles. The first-order valence-electron chi connectivity index (χ1n) is 7.19. The molecule has 0 bridgehead atoms. The lowest BCUT2D eigenvalue weighted by atomic mass is 9.97. The molecule has 1 aliphatic rings. The molecule has 5 nitrogen and oxygen atoms in total. The van der Waals surface area contributed by atoms with E-state index in [1.54, 1.807) is 6.07 Å². The second-order valence-corrected chi connectivity index (χ2v) is 5.47. The van der Waals surface area contributed by atoms with Crippen LogP contribution in [0.5, 0.6) is 0 Å². The van der Waals surface area contributed by atoms with Gasteiger partial charge in [0.15, 0.2) is 0 Å². The number of fused-ring (bicyclic) bond motifs is 1. The van der Waals surface area contributed by atoms with Gasteiger partial charge in [-0.2, -0.15) is 0 Å². The topological polar surface area (TPSA) is 71.3 Å². The zero-order chi connectivity index (χ0) is 14.8. The molecule has 1 saturated heterocycles. The van der Waals surface area contributed by atoms with Crippen molar-refractivity contribution in [2.24, 2.45) is 5.92 Å². The molecule has 2 aromatic rings. The highest BCUT2D eigenvalue weighted by atomic mass is 16.4. The van der Waals surface area contributed by atoms with Gasteiger partial charge in [-0.15, -0.1) is 0 Å². The highest BCUT2D eigenvalue weighted by molar-refractivity contribution is 5.95. The predicted octanol–water partition coefficient (Wildman–Crippen LogP) is 2.04. The lowest BCUT2D eigenvalue weighted by molar-refractivity contribution is -0.120. The molecule has 21 heavy (non-hydrogen) atoms. The van der Waals surface area contributed by atoms with Crippen LogP contribution in [0.4, 0.5) is 5.69 Å². The van der Waals surface area contributed by atoms with E-state index in [-0.39, 0.29) is 17.5 Å². The van der Waals surface area contributed by atoms with E-state index in [1.165, 1.54) is 6.07 Å². The van der Waals surface area contributed by atoms with Crippen LogP contribution in [0.2, 0.25) is 0 Å². The van der Waals surface area contributed by atoms with Crippen LogP contribution in [0.15, 0.2) is 33.5 Å². The van der Waals surface area contributed by atoms with E-state index in [9.17, 15) is 9.59 Å². The first kappa shape index (κ1) is 13.8. The zero-order valence-electron chi connectivity index (χ0n) is 11.9. The molecule has 1 aliphatic heterocycles. The smallest absolute Gasteiger partial charge is 0.336 e. The minimum absolute atomic E-state index is 0.0332. The van der Waals surface area contributed by atoms with Gasteiger partial charge in [0.2, 0.25) is 5.91 Å². The third kappa shape index (κ3) is 2.97. The fourth-order valence-electron chi connectivity index (χ4n) is 2.73. The Morgan fingerprint density at radius 1 is 1.29 bits per heavy atom. The van der Waals surface area contributed by atoms with Crippen molar-refractivity contribution in [3.8, 4) is 0 Å². The van der Waals surface area contributed by atoms with Crippen molar-refractivity contribution in [2.75, 3.05) is 18.4 Å². The summed E-state index contributed by atoms with van der Waals surface area (Å²) in [6.45, 7) is 3.63. The van der Waals surface area contributed by atoms with Crippen molar-refractivity contribution in [2.45, 2.75) is 19.8 Å². The summed E-state index contributed by atoms with van der Waals surface area (Å²) in [6, 6.07) is 6.89. The fraction of sp³-hybridized carbons (Fsp3) is 0.375. The average molecular weight is 286 g/mol. The van der Waals surface area contributed by atoms with E-state index in [0.29, 0.717) is 11.3 Å². The van der Waals surface area contributed by atoms with Gasteiger partial charge < -0.3 is 15.1 Å². The summed E-state index contributed by atoms with van der Waals surface area (Å²) in [5.41, 5.74) is 1.67. The van der Waals surface area contributed by atoms with Gasteiger partial charge >= 0.3 is 5.63 Å². The third-order valence-corrected chi connectivity index (χ3v) is 3.93. The van der Waals surface area contributed by atoms with Crippen molar-refractivity contribution in [1.29, 1.82) is 0 Å². The Hall–Kier alpha value is -2.14. The highest BCUT2D eigenvalue weighted by Gasteiger charge is 2.20. The largest absolute Gasteiger partial charge is 0.423 e. The van der Waals surface area contributed by atoms with Crippen LogP contribution in [-0.2, 0) is 4.79 Å². The maximum Gasteiger partial charge on any atom is 0.336 e. The molecule has 2 N–H and O–H groups in total. The van der Waals surface area contributed by atoms with Crippen LogP contribution >= 0.6 is 0 Å². The van der Waals surface area contributed by atoms with Crippen LogP contribution in [0.1, 0.15) is 18.4 Å². The summed E-state index contributed by atoms with van der Waals surface area (Å²) in [6.07, 6.45) is 1.71. The summed E-state index contributed by atoms with van der Waals surface area (Å²) in [5.74, 6) is 0.0808. The zero-order valence-corrected chi connectivity index (χ0v) is 11.9. The number of aryl methyl sites for hydroxylation is 1. The lowest BCUT2D eigenvalue weighted by Gasteiger charge is -2.21. The number of anilines is 1. The molecular formula is C16H18N2O3. The number of hydrogen-bond acceptors (Lipinski definition) is 4.